The van der Waals surface area contributed by atoms with Crippen LogP contribution in [0.25, 0.3) is 11.3 Å². The molecule has 1 aromatic heterocycles. The maximum atomic E-state index is 12.5. The molecule has 0 saturated heterocycles. The van der Waals surface area contributed by atoms with Gasteiger partial charge in [0.2, 0.25) is 0 Å². The summed E-state index contributed by atoms with van der Waals surface area (Å²) in [5.41, 5.74) is 0.734. The number of nitrogens with zero attached hydrogens (tertiary/aromatic N) is 1. The Morgan fingerprint density at radius 1 is 1.14 bits per heavy atom. The van der Waals surface area contributed by atoms with Crippen LogP contribution in [0.5, 0.6) is 0 Å². The molecule has 2 aromatic rings. The molecule has 0 aliphatic rings. The second-order valence-corrected chi connectivity index (χ2v) is 4.42. The van der Waals surface area contributed by atoms with Crippen molar-refractivity contribution < 1.29 is 23.1 Å². The summed E-state index contributed by atoms with van der Waals surface area (Å²) in [6.07, 6.45) is -3.95. The fourth-order valence-electron chi connectivity index (χ4n) is 1.96. The van der Waals surface area contributed by atoms with Crippen LogP contribution in [0, 0.1) is 0 Å². The number of alkyl halides is 3. The Labute approximate surface area is 119 Å². The Morgan fingerprint density at radius 2 is 1.76 bits per heavy atom. The van der Waals surface area contributed by atoms with Crippen molar-refractivity contribution in [2.45, 2.75) is 19.5 Å². The largest absolute Gasteiger partial charge is 0.478 e. The molecule has 0 radical (unpaired) electrons. The number of rotatable bonds is 3. The molecule has 21 heavy (non-hydrogen) atoms. The first kappa shape index (κ1) is 15.0. The summed E-state index contributed by atoms with van der Waals surface area (Å²) in [6, 6.07) is 7.52. The number of hydrogen-bond donors (Lipinski definition) is 1. The van der Waals surface area contributed by atoms with Crippen LogP contribution in [0.1, 0.15) is 28.5 Å². The highest BCUT2D eigenvalue weighted by Crippen LogP contribution is 2.30. The molecule has 0 aliphatic carbocycles. The Bertz CT molecular complexity index is 664. The predicted molar refractivity (Wildman–Crippen MR) is 71.0 cm³/mol. The molecule has 0 aliphatic heterocycles. The summed E-state index contributed by atoms with van der Waals surface area (Å²) in [4.78, 5) is 15.2. The van der Waals surface area contributed by atoms with E-state index in [9.17, 15) is 18.0 Å². The average molecular weight is 295 g/mol. The third kappa shape index (κ3) is 3.21. The molecule has 1 aromatic carbocycles. The van der Waals surface area contributed by atoms with Gasteiger partial charge in [-0.05, 0) is 30.7 Å². The number of carboxylic acids is 1. The quantitative estimate of drug-likeness (QED) is 0.930. The Hall–Kier alpha value is -2.37. The summed E-state index contributed by atoms with van der Waals surface area (Å²) in [5.74, 6) is -1.07. The molecule has 1 N–H and O–H groups in total. The van der Waals surface area contributed by atoms with Crippen LogP contribution in [0.4, 0.5) is 13.2 Å². The van der Waals surface area contributed by atoms with Crippen LogP contribution >= 0.6 is 0 Å². The van der Waals surface area contributed by atoms with Gasteiger partial charge in [0.05, 0.1) is 22.5 Å². The lowest BCUT2D eigenvalue weighted by atomic mass is 10.1. The summed E-state index contributed by atoms with van der Waals surface area (Å²) >= 11 is 0. The SMILES string of the molecule is CCc1nc(-c2ccc(C(F)(F)F)cc2)ccc1C(=O)O. The van der Waals surface area contributed by atoms with E-state index >= 15 is 0 Å². The number of benzene rings is 1. The second kappa shape index (κ2) is 5.55. The minimum atomic E-state index is -4.38. The van der Waals surface area contributed by atoms with E-state index < -0.39 is 17.7 Å². The van der Waals surface area contributed by atoms with Crippen LogP contribution < -0.4 is 0 Å². The topological polar surface area (TPSA) is 50.2 Å². The predicted octanol–water partition coefficient (Wildman–Crippen LogP) is 4.03. The van der Waals surface area contributed by atoms with Gasteiger partial charge in [0.15, 0.2) is 0 Å². The van der Waals surface area contributed by atoms with Crippen molar-refractivity contribution in [1.82, 2.24) is 4.98 Å². The van der Waals surface area contributed by atoms with E-state index in [1.54, 1.807) is 6.92 Å². The standard InChI is InChI=1S/C15H12F3NO2/c1-2-12-11(14(20)21)7-8-13(19-12)9-3-5-10(6-4-9)15(16,17)18/h3-8H,2H2,1H3,(H,20,21). The number of pyridine rings is 1. The van der Waals surface area contributed by atoms with E-state index in [-0.39, 0.29) is 5.56 Å². The van der Waals surface area contributed by atoms with E-state index in [1.165, 1.54) is 24.3 Å². The molecular formula is C15H12F3NO2. The van der Waals surface area contributed by atoms with Gasteiger partial charge in [0.1, 0.15) is 0 Å². The van der Waals surface area contributed by atoms with Crippen LogP contribution in [0.2, 0.25) is 0 Å². The highest BCUT2D eigenvalue weighted by atomic mass is 19.4. The zero-order valence-electron chi connectivity index (χ0n) is 11.1. The first-order chi connectivity index (χ1) is 9.82. The number of aromatic nitrogens is 1. The van der Waals surface area contributed by atoms with Crippen molar-refractivity contribution in [3.63, 3.8) is 0 Å². The summed E-state index contributed by atoms with van der Waals surface area (Å²) in [5, 5.41) is 9.02. The molecule has 1 heterocycles. The van der Waals surface area contributed by atoms with Crippen LogP contribution in [0.15, 0.2) is 36.4 Å². The maximum absolute atomic E-state index is 12.5. The highest BCUT2D eigenvalue weighted by molar-refractivity contribution is 5.89. The first-order valence-electron chi connectivity index (χ1n) is 6.23. The van der Waals surface area contributed by atoms with E-state index in [0.29, 0.717) is 23.4 Å². The molecule has 0 fully saturated rings. The van der Waals surface area contributed by atoms with Gasteiger partial charge in [-0.2, -0.15) is 13.2 Å². The van der Waals surface area contributed by atoms with E-state index in [2.05, 4.69) is 4.98 Å². The number of carboxylic acid groups (broad SMARTS) is 1. The molecule has 0 spiro atoms. The van der Waals surface area contributed by atoms with Crippen molar-refractivity contribution in [1.29, 1.82) is 0 Å². The van der Waals surface area contributed by atoms with Gasteiger partial charge in [-0.15, -0.1) is 0 Å². The van der Waals surface area contributed by atoms with Gasteiger partial charge in [0.25, 0.3) is 0 Å². The molecule has 2 rings (SSSR count). The van der Waals surface area contributed by atoms with Gasteiger partial charge in [-0.1, -0.05) is 19.1 Å². The van der Waals surface area contributed by atoms with Crippen molar-refractivity contribution in [2.24, 2.45) is 0 Å². The van der Waals surface area contributed by atoms with Crippen molar-refractivity contribution in [3.8, 4) is 11.3 Å². The number of hydrogen-bond acceptors (Lipinski definition) is 2. The molecule has 0 amide bonds. The number of aryl methyl sites for hydroxylation is 1. The Kier molecular flexibility index (Phi) is 3.97. The van der Waals surface area contributed by atoms with Crippen molar-refractivity contribution in [2.75, 3.05) is 0 Å². The van der Waals surface area contributed by atoms with Crippen LogP contribution in [-0.2, 0) is 12.6 Å². The molecule has 0 unspecified atom stereocenters. The number of carbonyl (C=O) groups is 1. The minimum absolute atomic E-state index is 0.105. The van der Waals surface area contributed by atoms with Gasteiger partial charge in [0, 0.05) is 5.56 Å². The number of aromatic carboxylic acids is 1. The fraction of sp³-hybridized carbons (Fsp3) is 0.200. The third-order valence-electron chi connectivity index (χ3n) is 3.05. The Morgan fingerprint density at radius 3 is 2.24 bits per heavy atom. The smallest absolute Gasteiger partial charge is 0.416 e. The first-order valence-corrected chi connectivity index (χ1v) is 6.23. The Balaban J connectivity index is 2.41. The normalized spacial score (nSPS) is 11.4. The second-order valence-electron chi connectivity index (χ2n) is 4.42. The maximum Gasteiger partial charge on any atom is 0.416 e. The van der Waals surface area contributed by atoms with Crippen molar-refractivity contribution in [3.05, 3.63) is 53.2 Å². The summed E-state index contributed by atoms with van der Waals surface area (Å²) in [7, 11) is 0. The fourth-order valence-corrected chi connectivity index (χ4v) is 1.96. The molecule has 110 valence electrons. The zero-order valence-corrected chi connectivity index (χ0v) is 11.1. The minimum Gasteiger partial charge on any atom is -0.478 e. The van der Waals surface area contributed by atoms with Gasteiger partial charge in [-0.3, -0.25) is 4.98 Å². The zero-order chi connectivity index (χ0) is 15.6. The van der Waals surface area contributed by atoms with Gasteiger partial charge < -0.3 is 5.11 Å². The van der Waals surface area contributed by atoms with Gasteiger partial charge in [-0.25, -0.2) is 4.79 Å². The highest BCUT2D eigenvalue weighted by Gasteiger charge is 2.30. The number of halogens is 3. The lowest BCUT2D eigenvalue weighted by molar-refractivity contribution is -0.137. The molecule has 6 heteroatoms. The average Bonchev–Trinajstić information content (AvgIpc) is 2.45. The van der Waals surface area contributed by atoms with Crippen LogP contribution in [-0.4, -0.2) is 16.1 Å². The van der Waals surface area contributed by atoms with Gasteiger partial charge >= 0.3 is 12.1 Å². The molecule has 0 bridgehead atoms. The van der Waals surface area contributed by atoms with E-state index in [4.69, 9.17) is 5.11 Å². The van der Waals surface area contributed by atoms with E-state index in [0.717, 1.165) is 12.1 Å². The van der Waals surface area contributed by atoms with E-state index in [1.807, 2.05) is 0 Å². The molecule has 3 nitrogen and oxygen atoms in total. The van der Waals surface area contributed by atoms with Crippen molar-refractivity contribution >= 4 is 5.97 Å². The molecular weight excluding hydrogens is 283 g/mol. The lowest BCUT2D eigenvalue weighted by Gasteiger charge is -2.09. The monoisotopic (exact) mass is 295 g/mol. The molecule has 0 atom stereocenters. The van der Waals surface area contributed by atoms with Crippen LogP contribution in [0.3, 0.4) is 0 Å². The molecule has 0 saturated carbocycles. The lowest BCUT2D eigenvalue weighted by Crippen LogP contribution is -2.05. The summed E-state index contributed by atoms with van der Waals surface area (Å²) in [6.45, 7) is 1.77. The summed E-state index contributed by atoms with van der Waals surface area (Å²) < 4.78 is 37.5. The third-order valence-corrected chi connectivity index (χ3v) is 3.05.